The number of likely N-dealkylation sites (N-methyl/N-ethyl adjacent to an activating group) is 1. The van der Waals surface area contributed by atoms with Crippen LogP contribution >= 0.6 is 0 Å². The molecule has 0 aliphatic carbocycles. The highest BCUT2D eigenvalue weighted by Crippen LogP contribution is 2.13. The quantitative estimate of drug-likeness (QED) is 0.749. The van der Waals surface area contributed by atoms with Gasteiger partial charge in [0, 0.05) is 25.7 Å². The van der Waals surface area contributed by atoms with Gasteiger partial charge in [0.1, 0.15) is 0 Å². The minimum absolute atomic E-state index is 0.447. The predicted molar refractivity (Wildman–Crippen MR) is 68.8 cm³/mol. The van der Waals surface area contributed by atoms with Gasteiger partial charge in [-0.2, -0.15) is 0 Å². The van der Waals surface area contributed by atoms with Gasteiger partial charge in [-0.25, -0.2) is 0 Å². The van der Waals surface area contributed by atoms with E-state index in [1.165, 1.54) is 6.42 Å². The molecule has 1 fully saturated rings. The van der Waals surface area contributed by atoms with Crippen molar-refractivity contribution in [3.63, 3.8) is 0 Å². The molecule has 1 N–H and O–H groups in total. The summed E-state index contributed by atoms with van der Waals surface area (Å²) in [5.74, 6) is 0.743. The summed E-state index contributed by atoms with van der Waals surface area (Å²) in [6, 6.07) is 0.612. The number of ether oxygens (including phenoxy) is 1. The third kappa shape index (κ3) is 4.04. The van der Waals surface area contributed by atoms with E-state index in [0.717, 1.165) is 38.6 Å². The fraction of sp³-hybridized carbons (Fsp3) is 1.00. The first kappa shape index (κ1) is 13.9. The zero-order valence-corrected chi connectivity index (χ0v) is 11.3. The van der Waals surface area contributed by atoms with Crippen molar-refractivity contribution in [2.45, 2.75) is 45.8 Å². The van der Waals surface area contributed by atoms with Crippen molar-refractivity contribution < 1.29 is 4.74 Å². The zero-order chi connectivity index (χ0) is 12.0. The SMILES string of the molecule is CCC1CN(CC(NC)C(C)CC)CCO1. The molecule has 3 nitrogen and oxygen atoms in total. The van der Waals surface area contributed by atoms with Crippen molar-refractivity contribution in [3.05, 3.63) is 0 Å². The smallest absolute Gasteiger partial charge is 0.0700 e. The highest BCUT2D eigenvalue weighted by Gasteiger charge is 2.23. The van der Waals surface area contributed by atoms with E-state index in [2.05, 4.69) is 38.0 Å². The van der Waals surface area contributed by atoms with Crippen molar-refractivity contribution in [1.82, 2.24) is 10.2 Å². The Morgan fingerprint density at radius 1 is 1.44 bits per heavy atom. The summed E-state index contributed by atoms with van der Waals surface area (Å²) in [6.45, 7) is 11.1. The van der Waals surface area contributed by atoms with Crippen LogP contribution in [0.15, 0.2) is 0 Å². The molecule has 3 atom stereocenters. The Bertz CT molecular complexity index is 187. The standard InChI is InChI=1S/C13H28N2O/c1-5-11(3)13(14-4)10-15-7-8-16-12(6-2)9-15/h11-14H,5-10H2,1-4H3. The van der Waals surface area contributed by atoms with Crippen LogP contribution in [0, 0.1) is 5.92 Å². The van der Waals surface area contributed by atoms with Crippen molar-refractivity contribution in [1.29, 1.82) is 0 Å². The number of nitrogens with zero attached hydrogens (tertiary/aromatic N) is 1. The molecule has 1 saturated heterocycles. The van der Waals surface area contributed by atoms with Crippen molar-refractivity contribution >= 4 is 0 Å². The Morgan fingerprint density at radius 3 is 2.75 bits per heavy atom. The van der Waals surface area contributed by atoms with Gasteiger partial charge in [-0.3, -0.25) is 4.90 Å². The number of hydrogen-bond donors (Lipinski definition) is 1. The van der Waals surface area contributed by atoms with Crippen LogP contribution in [0.4, 0.5) is 0 Å². The summed E-state index contributed by atoms with van der Waals surface area (Å²) >= 11 is 0. The molecule has 3 unspecified atom stereocenters. The fourth-order valence-corrected chi connectivity index (χ4v) is 2.31. The van der Waals surface area contributed by atoms with Crippen LogP contribution in [0.2, 0.25) is 0 Å². The number of rotatable bonds is 6. The van der Waals surface area contributed by atoms with Gasteiger partial charge in [-0.15, -0.1) is 0 Å². The van der Waals surface area contributed by atoms with Gasteiger partial charge in [0.25, 0.3) is 0 Å². The van der Waals surface area contributed by atoms with E-state index in [0.29, 0.717) is 12.1 Å². The molecule has 0 spiro atoms. The van der Waals surface area contributed by atoms with Crippen LogP contribution in [0.5, 0.6) is 0 Å². The lowest BCUT2D eigenvalue weighted by molar-refractivity contribution is -0.0335. The lowest BCUT2D eigenvalue weighted by atomic mass is 9.98. The van der Waals surface area contributed by atoms with E-state index < -0.39 is 0 Å². The summed E-state index contributed by atoms with van der Waals surface area (Å²) in [5.41, 5.74) is 0. The Balaban J connectivity index is 2.38. The van der Waals surface area contributed by atoms with Crippen LogP contribution in [-0.4, -0.2) is 50.3 Å². The summed E-state index contributed by atoms with van der Waals surface area (Å²) in [4.78, 5) is 2.55. The maximum Gasteiger partial charge on any atom is 0.0700 e. The highest BCUT2D eigenvalue weighted by atomic mass is 16.5. The monoisotopic (exact) mass is 228 g/mol. The molecule has 0 radical (unpaired) electrons. The molecule has 0 amide bonds. The van der Waals surface area contributed by atoms with Gasteiger partial charge < -0.3 is 10.1 Å². The van der Waals surface area contributed by atoms with E-state index in [1.54, 1.807) is 0 Å². The average molecular weight is 228 g/mol. The van der Waals surface area contributed by atoms with E-state index >= 15 is 0 Å². The van der Waals surface area contributed by atoms with Gasteiger partial charge in [0.05, 0.1) is 12.7 Å². The predicted octanol–water partition coefficient (Wildman–Crippen LogP) is 1.73. The molecule has 3 heteroatoms. The Hall–Kier alpha value is -0.120. The molecule has 16 heavy (non-hydrogen) atoms. The topological polar surface area (TPSA) is 24.5 Å². The van der Waals surface area contributed by atoms with Crippen LogP contribution in [0.3, 0.4) is 0 Å². The lowest BCUT2D eigenvalue weighted by Gasteiger charge is -2.36. The minimum Gasteiger partial charge on any atom is -0.376 e. The van der Waals surface area contributed by atoms with E-state index in [1.807, 2.05) is 0 Å². The maximum atomic E-state index is 5.70. The Labute approximate surface area is 101 Å². The number of nitrogens with one attached hydrogen (secondary N) is 1. The second kappa shape index (κ2) is 7.25. The molecule has 1 heterocycles. The zero-order valence-electron chi connectivity index (χ0n) is 11.3. The second-order valence-corrected chi connectivity index (χ2v) is 4.94. The Morgan fingerprint density at radius 2 is 2.19 bits per heavy atom. The third-order valence-electron chi connectivity index (χ3n) is 3.83. The van der Waals surface area contributed by atoms with Gasteiger partial charge in [-0.1, -0.05) is 27.2 Å². The van der Waals surface area contributed by atoms with Crippen LogP contribution < -0.4 is 5.32 Å². The fourth-order valence-electron chi connectivity index (χ4n) is 2.31. The third-order valence-corrected chi connectivity index (χ3v) is 3.83. The highest BCUT2D eigenvalue weighted by molar-refractivity contribution is 4.79. The molecule has 1 aliphatic heterocycles. The molecule has 0 saturated carbocycles. The molecular formula is C13H28N2O. The van der Waals surface area contributed by atoms with Crippen molar-refractivity contribution in [2.75, 3.05) is 33.3 Å². The number of hydrogen-bond acceptors (Lipinski definition) is 3. The van der Waals surface area contributed by atoms with Crippen LogP contribution in [0.25, 0.3) is 0 Å². The molecule has 0 aromatic rings. The molecule has 0 aromatic heterocycles. The normalized spacial score (nSPS) is 26.6. The summed E-state index contributed by atoms with van der Waals surface area (Å²) in [7, 11) is 2.08. The first-order chi connectivity index (χ1) is 7.71. The molecule has 96 valence electrons. The van der Waals surface area contributed by atoms with Crippen molar-refractivity contribution in [2.24, 2.45) is 5.92 Å². The van der Waals surface area contributed by atoms with Gasteiger partial charge in [0.2, 0.25) is 0 Å². The summed E-state index contributed by atoms with van der Waals surface area (Å²) < 4.78 is 5.70. The van der Waals surface area contributed by atoms with E-state index in [-0.39, 0.29) is 0 Å². The van der Waals surface area contributed by atoms with E-state index in [9.17, 15) is 0 Å². The minimum atomic E-state index is 0.447. The first-order valence-corrected chi connectivity index (χ1v) is 6.72. The molecule has 1 rings (SSSR count). The molecule has 0 aromatic carbocycles. The number of morpholine rings is 1. The summed E-state index contributed by atoms with van der Waals surface area (Å²) in [5, 5.41) is 3.45. The van der Waals surface area contributed by atoms with Crippen molar-refractivity contribution in [3.8, 4) is 0 Å². The molecule has 1 aliphatic rings. The van der Waals surface area contributed by atoms with Gasteiger partial charge in [0.15, 0.2) is 0 Å². The van der Waals surface area contributed by atoms with Crippen LogP contribution in [-0.2, 0) is 4.74 Å². The Kier molecular flexibility index (Phi) is 6.32. The largest absolute Gasteiger partial charge is 0.376 e. The maximum absolute atomic E-state index is 5.70. The molecule has 0 bridgehead atoms. The van der Waals surface area contributed by atoms with Gasteiger partial charge in [-0.05, 0) is 19.4 Å². The second-order valence-electron chi connectivity index (χ2n) is 4.94. The van der Waals surface area contributed by atoms with Crippen LogP contribution in [0.1, 0.15) is 33.6 Å². The lowest BCUT2D eigenvalue weighted by Crippen LogP contribution is -2.49. The van der Waals surface area contributed by atoms with Gasteiger partial charge >= 0.3 is 0 Å². The average Bonchev–Trinajstić information content (AvgIpc) is 2.35. The van der Waals surface area contributed by atoms with E-state index in [4.69, 9.17) is 4.74 Å². The molecular weight excluding hydrogens is 200 g/mol. The summed E-state index contributed by atoms with van der Waals surface area (Å²) in [6.07, 6.45) is 2.82. The first-order valence-electron chi connectivity index (χ1n) is 6.72.